The van der Waals surface area contributed by atoms with Crippen molar-refractivity contribution in [1.29, 1.82) is 0 Å². The van der Waals surface area contributed by atoms with Gasteiger partial charge in [0.1, 0.15) is 0 Å². The Morgan fingerprint density at radius 3 is 2.45 bits per heavy atom. The number of carbonyl (C=O) groups excluding carboxylic acids is 1. The van der Waals surface area contributed by atoms with Gasteiger partial charge in [-0.25, -0.2) is 5.01 Å². The Balaban J connectivity index is 0.000001000. The Morgan fingerprint density at radius 1 is 1.45 bits per heavy atom. The number of piperidine rings is 1. The molecule has 1 heterocycles. The Morgan fingerprint density at radius 2 is 2.00 bits per heavy atom. The molecule has 0 aromatic carbocycles. The molecule has 0 aromatic heterocycles. The summed E-state index contributed by atoms with van der Waals surface area (Å²) >= 11 is 0. The molecule has 0 aromatic rings. The first-order valence-corrected chi connectivity index (χ1v) is 3.53. The summed E-state index contributed by atoms with van der Waals surface area (Å²) in [7, 11) is 0. The number of nitrogens with one attached hydrogen (secondary N) is 1. The van der Waals surface area contributed by atoms with Gasteiger partial charge < -0.3 is 5.73 Å². The summed E-state index contributed by atoms with van der Waals surface area (Å²) in [6, 6.07) is 0.324. The van der Waals surface area contributed by atoms with E-state index in [1.54, 1.807) is 0 Å². The summed E-state index contributed by atoms with van der Waals surface area (Å²) in [6.45, 7) is 1.75. The third-order valence-corrected chi connectivity index (χ3v) is 1.77. The van der Waals surface area contributed by atoms with E-state index in [2.05, 4.69) is 5.43 Å². The van der Waals surface area contributed by atoms with Crippen LogP contribution >= 0.6 is 12.4 Å². The van der Waals surface area contributed by atoms with Crippen LogP contribution < -0.4 is 11.2 Å². The third kappa shape index (κ3) is 3.55. The highest BCUT2D eigenvalue weighted by Crippen LogP contribution is 2.04. The van der Waals surface area contributed by atoms with Crippen LogP contribution in [0.4, 0.5) is 0 Å². The highest BCUT2D eigenvalue weighted by molar-refractivity contribution is 5.85. The number of nitrogens with zero attached hydrogens (tertiary/aromatic N) is 1. The molecule has 1 saturated heterocycles. The van der Waals surface area contributed by atoms with Crippen LogP contribution in [0.1, 0.15) is 12.8 Å². The predicted molar refractivity (Wildman–Crippen MR) is 45.2 cm³/mol. The fourth-order valence-electron chi connectivity index (χ4n) is 1.10. The van der Waals surface area contributed by atoms with Gasteiger partial charge in [0.05, 0.1) is 0 Å². The molecule has 0 saturated carbocycles. The van der Waals surface area contributed by atoms with Crippen molar-refractivity contribution in [3.63, 3.8) is 0 Å². The molecule has 5 heteroatoms. The van der Waals surface area contributed by atoms with Crippen LogP contribution in [0.5, 0.6) is 0 Å². The van der Waals surface area contributed by atoms with E-state index in [0.29, 0.717) is 12.5 Å². The minimum Gasteiger partial charge on any atom is -0.328 e. The number of hydrogen-bond donors (Lipinski definition) is 2. The van der Waals surface area contributed by atoms with E-state index in [-0.39, 0.29) is 12.4 Å². The van der Waals surface area contributed by atoms with Crippen LogP contribution in [0.3, 0.4) is 0 Å². The first-order chi connectivity index (χ1) is 4.83. The molecule has 0 radical (unpaired) electrons. The summed E-state index contributed by atoms with van der Waals surface area (Å²) in [5, 5.41) is 1.89. The number of hydrazine groups is 1. The molecule has 66 valence electrons. The second kappa shape index (κ2) is 5.35. The molecule has 0 aliphatic carbocycles. The van der Waals surface area contributed by atoms with Crippen molar-refractivity contribution in [1.82, 2.24) is 10.4 Å². The molecule has 1 rings (SSSR count). The molecule has 1 aliphatic rings. The lowest BCUT2D eigenvalue weighted by molar-refractivity contribution is -0.114. The third-order valence-electron chi connectivity index (χ3n) is 1.77. The number of nitrogens with two attached hydrogens (primary N) is 1. The average molecular weight is 180 g/mol. The SMILES string of the molecule is Cl.NC1CCN(NC=O)CC1. The summed E-state index contributed by atoms with van der Waals surface area (Å²) in [6.07, 6.45) is 2.65. The number of halogens is 1. The maximum Gasteiger partial charge on any atom is 0.221 e. The standard InChI is InChI=1S/C6H13N3O.ClH/c7-6-1-3-9(4-2-6)8-5-10;/h5-6H,1-4,7H2,(H,8,10);1H. The molecular weight excluding hydrogens is 166 g/mol. The Hall–Kier alpha value is -0.320. The molecule has 0 bridgehead atoms. The smallest absolute Gasteiger partial charge is 0.221 e. The molecule has 0 atom stereocenters. The van der Waals surface area contributed by atoms with Crippen molar-refractivity contribution in [3.05, 3.63) is 0 Å². The topological polar surface area (TPSA) is 58.4 Å². The zero-order chi connectivity index (χ0) is 7.40. The lowest BCUT2D eigenvalue weighted by atomic mass is 10.1. The van der Waals surface area contributed by atoms with Crippen LogP contribution in [-0.2, 0) is 4.79 Å². The van der Waals surface area contributed by atoms with Gasteiger partial charge in [0.15, 0.2) is 0 Å². The summed E-state index contributed by atoms with van der Waals surface area (Å²) in [5.41, 5.74) is 8.25. The second-order valence-corrected chi connectivity index (χ2v) is 2.57. The first kappa shape index (κ1) is 10.7. The van der Waals surface area contributed by atoms with Gasteiger partial charge in [-0.05, 0) is 12.8 Å². The van der Waals surface area contributed by atoms with Gasteiger partial charge in [0.2, 0.25) is 6.41 Å². The molecule has 1 aliphatic heterocycles. The molecule has 1 amide bonds. The summed E-state index contributed by atoms with van der Waals surface area (Å²) in [4.78, 5) is 9.97. The van der Waals surface area contributed by atoms with E-state index >= 15 is 0 Å². The average Bonchev–Trinajstić information content (AvgIpc) is 1.95. The predicted octanol–water partition coefficient (Wildman–Crippen LogP) is -0.508. The molecule has 3 N–H and O–H groups in total. The van der Waals surface area contributed by atoms with E-state index in [1.807, 2.05) is 5.01 Å². The molecule has 0 spiro atoms. The highest BCUT2D eigenvalue weighted by atomic mass is 35.5. The summed E-state index contributed by atoms with van der Waals surface area (Å²) in [5.74, 6) is 0. The monoisotopic (exact) mass is 179 g/mol. The van der Waals surface area contributed by atoms with Crippen molar-refractivity contribution in [2.75, 3.05) is 13.1 Å². The lowest BCUT2D eigenvalue weighted by Crippen LogP contribution is -2.46. The number of carbonyl (C=O) groups is 1. The maximum atomic E-state index is 9.97. The van der Waals surface area contributed by atoms with Gasteiger partial charge in [-0.1, -0.05) is 0 Å². The number of hydrogen-bond acceptors (Lipinski definition) is 3. The van der Waals surface area contributed by atoms with Gasteiger partial charge in [0.25, 0.3) is 0 Å². The molecule has 1 fully saturated rings. The normalized spacial score (nSPS) is 20.5. The minimum absolute atomic E-state index is 0. The number of rotatable bonds is 2. The van der Waals surface area contributed by atoms with Crippen molar-refractivity contribution >= 4 is 18.8 Å². The largest absolute Gasteiger partial charge is 0.328 e. The van der Waals surface area contributed by atoms with E-state index in [9.17, 15) is 4.79 Å². The van der Waals surface area contributed by atoms with Crippen LogP contribution in [0.2, 0.25) is 0 Å². The van der Waals surface area contributed by atoms with Crippen LogP contribution in [0, 0.1) is 0 Å². The second-order valence-electron chi connectivity index (χ2n) is 2.57. The highest BCUT2D eigenvalue weighted by Gasteiger charge is 2.14. The molecule has 11 heavy (non-hydrogen) atoms. The van der Waals surface area contributed by atoms with Gasteiger partial charge in [-0.15, -0.1) is 12.4 Å². The quantitative estimate of drug-likeness (QED) is 0.562. The van der Waals surface area contributed by atoms with Gasteiger partial charge in [0, 0.05) is 19.1 Å². The zero-order valence-electron chi connectivity index (χ0n) is 6.32. The van der Waals surface area contributed by atoms with Crippen LogP contribution in [0.15, 0.2) is 0 Å². The van der Waals surface area contributed by atoms with E-state index in [1.165, 1.54) is 0 Å². The van der Waals surface area contributed by atoms with Crippen molar-refractivity contribution in [2.45, 2.75) is 18.9 Å². The van der Waals surface area contributed by atoms with Gasteiger partial charge in [-0.3, -0.25) is 10.2 Å². The number of amides is 1. The Kier molecular flexibility index (Phi) is 5.19. The van der Waals surface area contributed by atoms with Crippen molar-refractivity contribution in [2.24, 2.45) is 5.73 Å². The minimum atomic E-state index is 0. The molecular formula is C6H14ClN3O. The molecule has 0 unspecified atom stereocenters. The van der Waals surface area contributed by atoms with Crippen LogP contribution in [0.25, 0.3) is 0 Å². The van der Waals surface area contributed by atoms with Crippen LogP contribution in [-0.4, -0.2) is 30.6 Å². The summed E-state index contributed by atoms with van der Waals surface area (Å²) < 4.78 is 0. The fraction of sp³-hybridized carbons (Fsp3) is 0.833. The van der Waals surface area contributed by atoms with Gasteiger partial charge >= 0.3 is 0 Å². The van der Waals surface area contributed by atoms with E-state index in [0.717, 1.165) is 25.9 Å². The van der Waals surface area contributed by atoms with E-state index in [4.69, 9.17) is 5.73 Å². The Labute approximate surface area is 72.5 Å². The first-order valence-electron chi connectivity index (χ1n) is 3.53. The molecule has 4 nitrogen and oxygen atoms in total. The fourth-order valence-corrected chi connectivity index (χ4v) is 1.10. The lowest BCUT2D eigenvalue weighted by Gasteiger charge is -2.28. The maximum absolute atomic E-state index is 9.97. The van der Waals surface area contributed by atoms with Gasteiger partial charge in [-0.2, -0.15) is 0 Å². The van der Waals surface area contributed by atoms with Crippen molar-refractivity contribution < 1.29 is 4.79 Å². The Bertz CT molecular complexity index is 114. The van der Waals surface area contributed by atoms with Crippen molar-refractivity contribution in [3.8, 4) is 0 Å². The zero-order valence-corrected chi connectivity index (χ0v) is 7.14. The van der Waals surface area contributed by atoms with E-state index < -0.39 is 0 Å².